The molecule has 0 N–H and O–H groups in total. The number of nitrogens with zero attached hydrogens (tertiary/aromatic N) is 1. The minimum absolute atomic E-state index is 0.136. The number of rotatable bonds is 8. The highest BCUT2D eigenvalue weighted by molar-refractivity contribution is 6.21. The van der Waals surface area contributed by atoms with Gasteiger partial charge in [0.1, 0.15) is 0 Å². The van der Waals surface area contributed by atoms with E-state index in [9.17, 15) is 0 Å². The normalized spacial score (nSPS) is 17.8. The van der Waals surface area contributed by atoms with Crippen LogP contribution in [0.1, 0.15) is 68.4 Å². The Morgan fingerprint density at radius 3 is 2.38 bits per heavy atom. The number of unbranched alkanes of at least 4 members (excludes halogenated alkanes) is 3. The SMILES string of the molecule is CCCCCCc1ccc(C(Cl)CN2CCCCC2)cc1. The lowest BCUT2D eigenvalue weighted by Crippen LogP contribution is -2.32. The van der Waals surface area contributed by atoms with Crippen molar-refractivity contribution in [3.8, 4) is 0 Å². The third-order valence-electron chi connectivity index (χ3n) is 4.53. The molecule has 1 aromatic rings. The number of alkyl halides is 1. The van der Waals surface area contributed by atoms with E-state index in [-0.39, 0.29) is 5.38 Å². The molecule has 0 amide bonds. The second-order valence-corrected chi connectivity index (χ2v) is 6.91. The zero-order chi connectivity index (χ0) is 14.9. The highest BCUT2D eigenvalue weighted by Crippen LogP contribution is 2.24. The molecular formula is C19H30ClN. The molecule has 0 aliphatic carbocycles. The summed E-state index contributed by atoms with van der Waals surface area (Å²) in [5.74, 6) is 0. The Labute approximate surface area is 135 Å². The molecule has 1 heterocycles. The fraction of sp³-hybridized carbons (Fsp3) is 0.684. The van der Waals surface area contributed by atoms with Crippen molar-refractivity contribution in [2.24, 2.45) is 0 Å². The van der Waals surface area contributed by atoms with E-state index in [2.05, 4.69) is 36.1 Å². The van der Waals surface area contributed by atoms with Crippen LogP contribution in [0.4, 0.5) is 0 Å². The van der Waals surface area contributed by atoms with Gasteiger partial charge >= 0.3 is 0 Å². The zero-order valence-corrected chi connectivity index (χ0v) is 14.2. The van der Waals surface area contributed by atoms with Gasteiger partial charge in [-0.25, -0.2) is 0 Å². The Balaban J connectivity index is 1.77. The molecule has 0 radical (unpaired) electrons. The molecule has 21 heavy (non-hydrogen) atoms. The maximum Gasteiger partial charge on any atom is 0.0712 e. The van der Waals surface area contributed by atoms with E-state index < -0.39 is 0 Å². The van der Waals surface area contributed by atoms with Crippen molar-refractivity contribution in [3.05, 3.63) is 35.4 Å². The third kappa shape index (κ3) is 6.00. The molecule has 0 bridgehead atoms. The molecule has 1 nitrogen and oxygen atoms in total. The minimum atomic E-state index is 0.136. The molecule has 2 heteroatoms. The summed E-state index contributed by atoms with van der Waals surface area (Å²) in [5, 5.41) is 0.136. The molecule has 2 rings (SSSR count). The molecule has 1 unspecified atom stereocenters. The number of hydrogen-bond acceptors (Lipinski definition) is 1. The number of hydrogen-bond donors (Lipinski definition) is 0. The van der Waals surface area contributed by atoms with Crippen LogP contribution in [-0.2, 0) is 6.42 Å². The lowest BCUT2D eigenvalue weighted by molar-refractivity contribution is 0.229. The Kier molecular flexibility index (Phi) is 7.60. The third-order valence-corrected chi connectivity index (χ3v) is 4.92. The van der Waals surface area contributed by atoms with Crippen LogP contribution in [-0.4, -0.2) is 24.5 Å². The van der Waals surface area contributed by atoms with Gasteiger partial charge in [0, 0.05) is 6.54 Å². The van der Waals surface area contributed by atoms with Crippen LogP contribution in [0.3, 0.4) is 0 Å². The van der Waals surface area contributed by atoms with Gasteiger partial charge in [0.05, 0.1) is 5.38 Å². The summed E-state index contributed by atoms with van der Waals surface area (Å²) in [6, 6.07) is 9.01. The summed E-state index contributed by atoms with van der Waals surface area (Å²) < 4.78 is 0. The van der Waals surface area contributed by atoms with Crippen LogP contribution in [0.25, 0.3) is 0 Å². The average Bonchev–Trinajstić information content (AvgIpc) is 2.53. The molecule has 118 valence electrons. The predicted molar refractivity (Wildman–Crippen MR) is 93.2 cm³/mol. The van der Waals surface area contributed by atoms with Crippen LogP contribution >= 0.6 is 11.6 Å². The maximum atomic E-state index is 6.60. The van der Waals surface area contributed by atoms with Gasteiger partial charge < -0.3 is 4.90 Å². The molecule has 1 saturated heterocycles. The molecule has 1 aliphatic rings. The first kappa shape index (κ1) is 16.8. The van der Waals surface area contributed by atoms with Gasteiger partial charge in [-0.05, 0) is 49.9 Å². The highest BCUT2D eigenvalue weighted by atomic mass is 35.5. The highest BCUT2D eigenvalue weighted by Gasteiger charge is 2.15. The fourth-order valence-corrected chi connectivity index (χ4v) is 3.46. The first-order chi connectivity index (χ1) is 10.3. The number of aryl methyl sites for hydroxylation is 1. The van der Waals surface area contributed by atoms with E-state index in [0.29, 0.717) is 0 Å². The largest absolute Gasteiger partial charge is 0.302 e. The second kappa shape index (κ2) is 9.48. The summed E-state index contributed by atoms with van der Waals surface area (Å²) in [4.78, 5) is 2.51. The Bertz CT molecular complexity index is 381. The van der Waals surface area contributed by atoms with E-state index in [4.69, 9.17) is 11.6 Å². The number of halogens is 1. The van der Waals surface area contributed by atoms with Crippen molar-refractivity contribution in [1.29, 1.82) is 0 Å². The van der Waals surface area contributed by atoms with Gasteiger partial charge in [-0.2, -0.15) is 0 Å². The van der Waals surface area contributed by atoms with Gasteiger partial charge in [-0.15, -0.1) is 11.6 Å². The van der Waals surface area contributed by atoms with Crippen LogP contribution in [0.2, 0.25) is 0 Å². The molecule has 0 saturated carbocycles. The Morgan fingerprint density at radius 1 is 1.00 bits per heavy atom. The second-order valence-electron chi connectivity index (χ2n) is 6.38. The summed E-state index contributed by atoms with van der Waals surface area (Å²) >= 11 is 6.60. The topological polar surface area (TPSA) is 3.24 Å². The van der Waals surface area contributed by atoms with Gasteiger partial charge in [0.2, 0.25) is 0 Å². The first-order valence-electron chi connectivity index (χ1n) is 8.75. The number of likely N-dealkylation sites (tertiary alicyclic amines) is 1. The van der Waals surface area contributed by atoms with E-state index in [1.54, 1.807) is 0 Å². The van der Waals surface area contributed by atoms with Crippen LogP contribution in [0.15, 0.2) is 24.3 Å². The average molecular weight is 308 g/mol. The fourth-order valence-electron chi connectivity index (χ4n) is 3.12. The lowest BCUT2D eigenvalue weighted by Gasteiger charge is -2.28. The van der Waals surface area contributed by atoms with Crippen LogP contribution in [0.5, 0.6) is 0 Å². The van der Waals surface area contributed by atoms with Crippen LogP contribution in [0, 0.1) is 0 Å². The molecule has 0 spiro atoms. The summed E-state index contributed by atoms with van der Waals surface area (Å²) in [5.41, 5.74) is 2.73. The minimum Gasteiger partial charge on any atom is -0.302 e. The lowest BCUT2D eigenvalue weighted by atomic mass is 10.0. The maximum absolute atomic E-state index is 6.60. The van der Waals surface area contributed by atoms with Crippen molar-refractivity contribution in [2.45, 2.75) is 63.7 Å². The van der Waals surface area contributed by atoms with E-state index in [1.165, 1.54) is 75.6 Å². The van der Waals surface area contributed by atoms with Crippen molar-refractivity contribution in [2.75, 3.05) is 19.6 Å². The van der Waals surface area contributed by atoms with Gasteiger partial charge in [0.15, 0.2) is 0 Å². The first-order valence-corrected chi connectivity index (χ1v) is 9.18. The molecule has 1 aliphatic heterocycles. The van der Waals surface area contributed by atoms with E-state index in [0.717, 1.165) is 6.54 Å². The summed E-state index contributed by atoms with van der Waals surface area (Å²) in [6.07, 6.45) is 10.6. The van der Waals surface area contributed by atoms with Gasteiger partial charge in [-0.1, -0.05) is 56.9 Å². The number of benzene rings is 1. The monoisotopic (exact) mass is 307 g/mol. The van der Waals surface area contributed by atoms with Crippen molar-refractivity contribution >= 4 is 11.6 Å². The van der Waals surface area contributed by atoms with Crippen molar-refractivity contribution in [1.82, 2.24) is 4.90 Å². The standard InChI is InChI=1S/C19H30ClN/c1-2-3-4-6-9-17-10-12-18(13-11-17)19(20)16-21-14-7-5-8-15-21/h10-13,19H,2-9,14-16H2,1H3. The predicted octanol–water partition coefficient (Wildman–Crippen LogP) is 5.58. The summed E-state index contributed by atoms with van der Waals surface area (Å²) in [6.45, 7) is 5.70. The van der Waals surface area contributed by atoms with E-state index in [1.807, 2.05) is 0 Å². The Hall–Kier alpha value is -0.530. The van der Waals surface area contributed by atoms with Crippen molar-refractivity contribution < 1.29 is 0 Å². The summed E-state index contributed by atoms with van der Waals surface area (Å²) in [7, 11) is 0. The smallest absolute Gasteiger partial charge is 0.0712 e. The molecule has 1 aromatic carbocycles. The van der Waals surface area contributed by atoms with Gasteiger partial charge in [-0.3, -0.25) is 0 Å². The molecule has 1 atom stereocenters. The molecule has 0 aromatic heterocycles. The Morgan fingerprint density at radius 2 is 1.71 bits per heavy atom. The molecular weight excluding hydrogens is 278 g/mol. The van der Waals surface area contributed by atoms with Crippen LogP contribution < -0.4 is 0 Å². The van der Waals surface area contributed by atoms with E-state index >= 15 is 0 Å². The van der Waals surface area contributed by atoms with Gasteiger partial charge in [0.25, 0.3) is 0 Å². The van der Waals surface area contributed by atoms with Crippen molar-refractivity contribution in [3.63, 3.8) is 0 Å². The molecule has 1 fully saturated rings. The zero-order valence-electron chi connectivity index (χ0n) is 13.5. The number of piperidine rings is 1. The quantitative estimate of drug-likeness (QED) is 0.448.